The molecule has 1 aromatic carbocycles. The molecular weight excluding hydrogens is 320 g/mol. The van der Waals surface area contributed by atoms with E-state index in [1.54, 1.807) is 12.1 Å². The van der Waals surface area contributed by atoms with Gasteiger partial charge in [-0.3, -0.25) is 10.1 Å². The Morgan fingerprint density at radius 3 is 2.61 bits per heavy atom. The third-order valence-corrected chi connectivity index (χ3v) is 4.41. The van der Waals surface area contributed by atoms with Crippen LogP contribution in [0.4, 0.5) is 5.69 Å². The summed E-state index contributed by atoms with van der Waals surface area (Å²) in [6, 6.07) is 6.31. The van der Waals surface area contributed by atoms with E-state index in [1.807, 2.05) is 11.5 Å². The SMILES string of the molecule is CCn1c(SCC2OCCO2)nnc1-c1ccc([N+](=O)[O-])cc1. The number of rotatable bonds is 6. The minimum absolute atomic E-state index is 0.0569. The molecule has 0 aliphatic carbocycles. The van der Waals surface area contributed by atoms with Gasteiger partial charge in [-0.25, -0.2) is 0 Å². The largest absolute Gasteiger partial charge is 0.349 e. The molecule has 122 valence electrons. The lowest BCUT2D eigenvalue weighted by Gasteiger charge is -2.09. The van der Waals surface area contributed by atoms with Gasteiger partial charge in [-0.1, -0.05) is 11.8 Å². The minimum atomic E-state index is -0.419. The van der Waals surface area contributed by atoms with Gasteiger partial charge in [0.25, 0.3) is 5.69 Å². The van der Waals surface area contributed by atoms with Gasteiger partial charge in [0.2, 0.25) is 0 Å². The van der Waals surface area contributed by atoms with Crippen molar-refractivity contribution in [1.82, 2.24) is 14.8 Å². The number of thioether (sulfide) groups is 1. The third-order valence-electron chi connectivity index (χ3n) is 3.41. The maximum absolute atomic E-state index is 10.7. The molecule has 2 heterocycles. The number of hydrogen-bond donors (Lipinski definition) is 0. The van der Waals surface area contributed by atoms with E-state index in [9.17, 15) is 10.1 Å². The van der Waals surface area contributed by atoms with Crippen molar-refractivity contribution >= 4 is 17.4 Å². The summed E-state index contributed by atoms with van der Waals surface area (Å²) in [5.41, 5.74) is 0.853. The first-order valence-electron chi connectivity index (χ1n) is 7.23. The van der Waals surface area contributed by atoms with Gasteiger partial charge in [-0.15, -0.1) is 10.2 Å². The van der Waals surface area contributed by atoms with E-state index in [2.05, 4.69) is 10.2 Å². The van der Waals surface area contributed by atoms with Crippen LogP contribution in [-0.4, -0.2) is 44.9 Å². The highest BCUT2D eigenvalue weighted by Gasteiger charge is 2.19. The highest BCUT2D eigenvalue weighted by molar-refractivity contribution is 7.99. The van der Waals surface area contributed by atoms with E-state index in [1.165, 1.54) is 23.9 Å². The first-order valence-corrected chi connectivity index (χ1v) is 8.21. The lowest BCUT2D eigenvalue weighted by atomic mass is 10.2. The van der Waals surface area contributed by atoms with E-state index in [0.717, 1.165) is 10.7 Å². The Morgan fingerprint density at radius 1 is 1.30 bits per heavy atom. The number of nitrogens with zero attached hydrogens (tertiary/aromatic N) is 4. The Morgan fingerprint density at radius 2 is 2.00 bits per heavy atom. The molecule has 1 aromatic heterocycles. The summed E-state index contributed by atoms with van der Waals surface area (Å²) in [5.74, 6) is 1.34. The maximum atomic E-state index is 10.7. The molecule has 0 atom stereocenters. The Kier molecular flexibility index (Phi) is 4.89. The number of hydrogen-bond acceptors (Lipinski definition) is 7. The predicted molar refractivity (Wildman–Crippen MR) is 84.2 cm³/mol. The average molecular weight is 336 g/mol. The van der Waals surface area contributed by atoms with Crippen LogP contribution in [0.3, 0.4) is 0 Å². The second kappa shape index (κ2) is 7.07. The Balaban J connectivity index is 1.78. The second-order valence-electron chi connectivity index (χ2n) is 4.84. The molecule has 8 nitrogen and oxygen atoms in total. The zero-order valence-electron chi connectivity index (χ0n) is 12.5. The van der Waals surface area contributed by atoms with Gasteiger partial charge in [-0.2, -0.15) is 0 Å². The van der Waals surface area contributed by atoms with Crippen LogP contribution >= 0.6 is 11.8 Å². The highest BCUT2D eigenvalue weighted by Crippen LogP contribution is 2.26. The van der Waals surface area contributed by atoms with Crippen LogP contribution in [0.1, 0.15) is 6.92 Å². The lowest BCUT2D eigenvalue weighted by molar-refractivity contribution is -0.384. The number of nitro benzene ring substituents is 1. The smallest absolute Gasteiger partial charge is 0.269 e. The molecule has 1 fully saturated rings. The van der Waals surface area contributed by atoms with Crippen LogP contribution in [0.15, 0.2) is 29.4 Å². The number of nitro groups is 1. The number of aromatic nitrogens is 3. The van der Waals surface area contributed by atoms with Crippen LogP contribution in [0.25, 0.3) is 11.4 Å². The summed E-state index contributed by atoms with van der Waals surface area (Å²) in [5, 5.41) is 19.9. The quantitative estimate of drug-likeness (QED) is 0.454. The van der Waals surface area contributed by atoms with Crippen molar-refractivity contribution in [2.24, 2.45) is 0 Å². The van der Waals surface area contributed by atoms with Crippen LogP contribution < -0.4 is 0 Å². The summed E-state index contributed by atoms with van der Waals surface area (Å²) in [4.78, 5) is 10.3. The average Bonchev–Trinajstić information content (AvgIpc) is 3.22. The fourth-order valence-corrected chi connectivity index (χ4v) is 3.22. The summed E-state index contributed by atoms with van der Waals surface area (Å²) in [7, 11) is 0. The van der Waals surface area contributed by atoms with E-state index in [4.69, 9.17) is 9.47 Å². The molecule has 1 saturated heterocycles. The molecule has 3 rings (SSSR count). The van der Waals surface area contributed by atoms with Crippen LogP contribution in [0, 0.1) is 10.1 Å². The van der Waals surface area contributed by atoms with Gasteiger partial charge in [0.15, 0.2) is 17.3 Å². The zero-order valence-corrected chi connectivity index (χ0v) is 13.4. The predicted octanol–water partition coefficient (Wildman–Crippen LogP) is 2.34. The molecule has 1 aliphatic rings. The molecule has 0 amide bonds. The van der Waals surface area contributed by atoms with Gasteiger partial charge in [-0.05, 0) is 19.1 Å². The van der Waals surface area contributed by atoms with Gasteiger partial charge in [0.1, 0.15) is 0 Å². The van der Waals surface area contributed by atoms with Gasteiger partial charge < -0.3 is 14.0 Å². The number of benzene rings is 1. The summed E-state index contributed by atoms with van der Waals surface area (Å²) in [6.07, 6.45) is -0.204. The van der Waals surface area contributed by atoms with E-state index >= 15 is 0 Å². The van der Waals surface area contributed by atoms with Crippen molar-refractivity contribution in [1.29, 1.82) is 0 Å². The molecule has 0 N–H and O–H groups in total. The molecule has 0 spiro atoms. The first-order chi connectivity index (χ1) is 11.2. The second-order valence-corrected chi connectivity index (χ2v) is 5.82. The topological polar surface area (TPSA) is 92.3 Å². The van der Waals surface area contributed by atoms with Crippen LogP contribution in [0.2, 0.25) is 0 Å². The maximum Gasteiger partial charge on any atom is 0.269 e. The van der Waals surface area contributed by atoms with Gasteiger partial charge in [0.05, 0.1) is 23.9 Å². The fraction of sp³-hybridized carbons (Fsp3) is 0.429. The Hall–Kier alpha value is -1.97. The van der Waals surface area contributed by atoms with E-state index < -0.39 is 4.92 Å². The highest BCUT2D eigenvalue weighted by atomic mass is 32.2. The molecule has 9 heteroatoms. The fourth-order valence-electron chi connectivity index (χ4n) is 2.27. The van der Waals surface area contributed by atoms with Crippen molar-refractivity contribution in [2.45, 2.75) is 24.9 Å². The summed E-state index contributed by atoms with van der Waals surface area (Å²) >= 11 is 1.52. The molecule has 0 unspecified atom stereocenters. The van der Waals surface area contributed by atoms with E-state index in [-0.39, 0.29) is 12.0 Å². The summed E-state index contributed by atoms with van der Waals surface area (Å²) in [6.45, 7) is 3.96. The van der Waals surface area contributed by atoms with E-state index in [0.29, 0.717) is 31.3 Å². The van der Waals surface area contributed by atoms with Crippen LogP contribution in [-0.2, 0) is 16.0 Å². The van der Waals surface area contributed by atoms with Crippen molar-refractivity contribution in [3.8, 4) is 11.4 Å². The first kappa shape index (κ1) is 15.9. The zero-order chi connectivity index (χ0) is 16.2. The number of non-ortho nitro benzene ring substituents is 1. The Labute approximate surface area is 137 Å². The van der Waals surface area contributed by atoms with Crippen molar-refractivity contribution in [3.05, 3.63) is 34.4 Å². The minimum Gasteiger partial charge on any atom is -0.349 e. The van der Waals surface area contributed by atoms with Crippen molar-refractivity contribution in [2.75, 3.05) is 19.0 Å². The summed E-state index contributed by atoms with van der Waals surface area (Å²) < 4.78 is 12.8. The standard InChI is InChI=1S/C14H16N4O4S/c1-2-17-13(10-3-5-11(6-4-10)18(19)20)15-16-14(17)23-9-12-21-7-8-22-12/h3-6,12H,2,7-9H2,1H3. The monoisotopic (exact) mass is 336 g/mol. The molecule has 0 saturated carbocycles. The molecular formula is C14H16N4O4S. The lowest BCUT2D eigenvalue weighted by Crippen LogP contribution is -2.11. The molecule has 0 radical (unpaired) electrons. The normalized spacial score (nSPS) is 15.2. The van der Waals surface area contributed by atoms with Gasteiger partial charge in [0, 0.05) is 24.2 Å². The third kappa shape index (κ3) is 3.52. The molecule has 0 bridgehead atoms. The molecule has 23 heavy (non-hydrogen) atoms. The van der Waals surface area contributed by atoms with Gasteiger partial charge >= 0.3 is 0 Å². The number of ether oxygens (including phenoxy) is 2. The van der Waals surface area contributed by atoms with Crippen LogP contribution in [0.5, 0.6) is 0 Å². The van der Waals surface area contributed by atoms with Crippen molar-refractivity contribution in [3.63, 3.8) is 0 Å². The van der Waals surface area contributed by atoms with Crippen molar-refractivity contribution < 1.29 is 14.4 Å². The molecule has 2 aromatic rings. The molecule has 1 aliphatic heterocycles. The Bertz CT molecular complexity index is 683.